The van der Waals surface area contributed by atoms with Gasteiger partial charge in [0.25, 0.3) is 5.91 Å². The third kappa shape index (κ3) is 4.83. The molecule has 4 nitrogen and oxygen atoms in total. The van der Waals surface area contributed by atoms with E-state index >= 15 is 0 Å². The van der Waals surface area contributed by atoms with Crippen LogP contribution in [-0.4, -0.2) is 19.1 Å². The number of nitrogens with one attached hydrogen (secondary N) is 2. The van der Waals surface area contributed by atoms with Crippen molar-refractivity contribution in [3.8, 4) is 5.75 Å². The van der Waals surface area contributed by atoms with Crippen molar-refractivity contribution in [3.63, 3.8) is 0 Å². The van der Waals surface area contributed by atoms with Crippen molar-refractivity contribution in [2.75, 3.05) is 18.5 Å². The maximum Gasteiger partial charge on any atom is 0.251 e. The number of amides is 1. The van der Waals surface area contributed by atoms with Crippen LogP contribution in [0.3, 0.4) is 0 Å². The van der Waals surface area contributed by atoms with Gasteiger partial charge in [-0.05, 0) is 47.9 Å². The summed E-state index contributed by atoms with van der Waals surface area (Å²) < 4.78 is 5.85. The predicted octanol–water partition coefficient (Wildman–Crippen LogP) is 5.24. The number of benzene rings is 3. The van der Waals surface area contributed by atoms with Crippen molar-refractivity contribution in [1.82, 2.24) is 5.32 Å². The molecule has 0 aliphatic rings. The van der Waals surface area contributed by atoms with Crippen molar-refractivity contribution in [3.05, 3.63) is 71.8 Å². The predicted molar refractivity (Wildman–Crippen MR) is 116 cm³/mol. The molecule has 0 fully saturated rings. The largest absolute Gasteiger partial charge is 0.494 e. The monoisotopic (exact) mass is 376 g/mol. The standard InChI is InChI=1S/C24H28N2O2/c1-4-28-23-13-12-18-8-5-6-11-21(18)22(23)16-25-20-10-7-9-19(14-20)24(27)26-15-17(2)3/h5-14,17,25H,4,15-16H2,1-3H3,(H,26,27). The van der Waals surface area contributed by atoms with Crippen LogP contribution in [0.4, 0.5) is 5.69 Å². The third-order valence-electron chi connectivity index (χ3n) is 4.56. The Labute approximate surface area is 166 Å². The van der Waals surface area contributed by atoms with Crippen LogP contribution >= 0.6 is 0 Å². The molecule has 146 valence electrons. The fourth-order valence-electron chi connectivity index (χ4n) is 3.15. The molecule has 0 bridgehead atoms. The Morgan fingerprint density at radius 3 is 2.64 bits per heavy atom. The van der Waals surface area contributed by atoms with Crippen LogP contribution in [0.25, 0.3) is 10.8 Å². The number of carbonyl (C=O) groups is 1. The van der Waals surface area contributed by atoms with Crippen molar-refractivity contribution < 1.29 is 9.53 Å². The smallest absolute Gasteiger partial charge is 0.251 e. The molecule has 0 atom stereocenters. The van der Waals surface area contributed by atoms with E-state index in [-0.39, 0.29) is 5.91 Å². The van der Waals surface area contributed by atoms with Crippen LogP contribution in [0.2, 0.25) is 0 Å². The second-order valence-corrected chi connectivity index (χ2v) is 7.23. The molecule has 0 heterocycles. The topological polar surface area (TPSA) is 50.4 Å². The fourth-order valence-corrected chi connectivity index (χ4v) is 3.15. The lowest BCUT2D eigenvalue weighted by Crippen LogP contribution is -2.27. The highest BCUT2D eigenvalue weighted by Gasteiger charge is 2.10. The van der Waals surface area contributed by atoms with E-state index in [0.29, 0.717) is 31.2 Å². The van der Waals surface area contributed by atoms with Crippen LogP contribution < -0.4 is 15.4 Å². The highest BCUT2D eigenvalue weighted by Crippen LogP contribution is 2.29. The first-order valence-corrected chi connectivity index (χ1v) is 9.84. The van der Waals surface area contributed by atoms with Gasteiger partial charge in [-0.2, -0.15) is 0 Å². The minimum atomic E-state index is -0.0440. The Bertz CT molecular complexity index is 950. The Kier molecular flexibility index (Phi) is 6.53. The summed E-state index contributed by atoms with van der Waals surface area (Å²) in [6.07, 6.45) is 0. The molecule has 0 spiro atoms. The van der Waals surface area contributed by atoms with Crippen LogP contribution in [0.15, 0.2) is 60.7 Å². The maximum atomic E-state index is 12.3. The first kappa shape index (κ1) is 19.7. The Hall–Kier alpha value is -3.01. The molecule has 0 aromatic heterocycles. The van der Waals surface area contributed by atoms with Crippen molar-refractivity contribution >= 4 is 22.4 Å². The molecule has 0 aliphatic heterocycles. The van der Waals surface area contributed by atoms with Gasteiger partial charge < -0.3 is 15.4 Å². The molecule has 0 aliphatic carbocycles. The summed E-state index contributed by atoms with van der Waals surface area (Å²) in [6.45, 7) is 8.07. The summed E-state index contributed by atoms with van der Waals surface area (Å²) in [4.78, 5) is 12.3. The van der Waals surface area contributed by atoms with E-state index in [2.05, 4.69) is 42.7 Å². The fraction of sp³-hybridized carbons (Fsp3) is 0.292. The lowest BCUT2D eigenvalue weighted by atomic mass is 10.0. The molecular formula is C24H28N2O2. The number of fused-ring (bicyclic) bond motifs is 1. The molecule has 4 heteroatoms. The van der Waals surface area contributed by atoms with Gasteiger partial charge in [0, 0.05) is 29.9 Å². The highest BCUT2D eigenvalue weighted by atomic mass is 16.5. The quantitative estimate of drug-likeness (QED) is 0.565. The molecule has 28 heavy (non-hydrogen) atoms. The summed E-state index contributed by atoms with van der Waals surface area (Å²) in [5.74, 6) is 1.27. The number of rotatable bonds is 8. The van der Waals surface area contributed by atoms with Gasteiger partial charge >= 0.3 is 0 Å². The van der Waals surface area contributed by atoms with Crippen LogP contribution in [0, 0.1) is 5.92 Å². The molecule has 3 aromatic rings. The molecule has 1 amide bonds. The lowest BCUT2D eigenvalue weighted by Gasteiger charge is -2.15. The summed E-state index contributed by atoms with van der Waals surface area (Å²) >= 11 is 0. The highest BCUT2D eigenvalue weighted by molar-refractivity contribution is 5.95. The summed E-state index contributed by atoms with van der Waals surface area (Å²) in [7, 11) is 0. The van der Waals surface area contributed by atoms with E-state index in [9.17, 15) is 4.79 Å². The van der Waals surface area contributed by atoms with Gasteiger partial charge in [0.15, 0.2) is 0 Å². The van der Waals surface area contributed by atoms with Gasteiger partial charge in [0.2, 0.25) is 0 Å². The molecule has 2 N–H and O–H groups in total. The van der Waals surface area contributed by atoms with Crippen LogP contribution in [0.1, 0.15) is 36.7 Å². The van der Waals surface area contributed by atoms with Gasteiger partial charge in [-0.25, -0.2) is 0 Å². The third-order valence-corrected chi connectivity index (χ3v) is 4.56. The van der Waals surface area contributed by atoms with Crippen molar-refractivity contribution in [2.24, 2.45) is 5.92 Å². The van der Waals surface area contributed by atoms with E-state index in [1.54, 1.807) is 0 Å². The number of anilines is 1. The van der Waals surface area contributed by atoms with E-state index in [4.69, 9.17) is 4.74 Å². The SMILES string of the molecule is CCOc1ccc2ccccc2c1CNc1cccc(C(=O)NCC(C)C)c1. The number of hydrogen-bond donors (Lipinski definition) is 2. The molecule has 3 rings (SSSR count). The van der Waals surface area contributed by atoms with Crippen molar-refractivity contribution in [2.45, 2.75) is 27.3 Å². The summed E-state index contributed by atoms with van der Waals surface area (Å²) in [5, 5.41) is 8.77. The van der Waals surface area contributed by atoms with E-state index in [1.165, 1.54) is 10.8 Å². The van der Waals surface area contributed by atoms with Gasteiger partial charge in [-0.3, -0.25) is 4.79 Å². The Morgan fingerprint density at radius 1 is 1.04 bits per heavy atom. The zero-order valence-electron chi connectivity index (χ0n) is 16.8. The minimum absolute atomic E-state index is 0.0440. The average molecular weight is 377 g/mol. The summed E-state index contributed by atoms with van der Waals surface area (Å²) in [6, 6.07) is 20.0. The van der Waals surface area contributed by atoms with Gasteiger partial charge in [-0.1, -0.05) is 50.2 Å². The lowest BCUT2D eigenvalue weighted by molar-refractivity contribution is 0.0949. The molecular weight excluding hydrogens is 348 g/mol. The van der Waals surface area contributed by atoms with Crippen molar-refractivity contribution in [1.29, 1.82) is 0 Å². The number of ether oxygens (including phenoxy) is 1. The molecule has 0 saturated carbocycles. The van der Waals surface area contributed by atoms with E-state index in [0.717, 1.165) is 17.0 Å². The zero-order chi connectivity index (χ0) is 19.9. The average Bonchev–Trinajstić information content (AvgIpc) is 2.71. The minimum Gasteiger partial charge on any atom is -0.494 e. The maximum absolute atomic E-state index is 12.3. The zero-order valence-corrected chi connectivity index (χ0v) is 16.8. The van der Waals surface area contributed by atoms with Crippen LogP contribution in [0.5, 0.6) is 5.75 Å². The normalized spacial score (nSPS) is 10.9. The molecule has 0 saturated heterocycles. The van der Waals surface area contributed by atoms with Gasteiger partial charge in [0.1, 0.15) is 5.75 Å². The Morgan fingerprint density at radius 2 is 1.86 bits per heavy atom. The van der Waals surface area contributed by atoms with E-state index in [1.807, 2.05) is 49.4 Å². The second-order valence-electron chi connectivity index (χ2n) is 7.23. The number of hydrogen-bond acceptors (Lipinski definition) is 3. The summed E-state index contributed by atoms with van der Waals surface area (Å²) in [5.41, 5.74) is 2.69. The molecule has 0 unspecified atom stereocenters. The van der Waals surface area contributed by atoms with Gasteiger partial charge in [0.05, 0.1) is 6.61 Å². The molecule has 0 radical (unpaired) electrons. The number of carbonyl (C=O) groups excluding carboxylic acids is 1. The first-order chi connectivity index (χ1) is 13.6. The van der Waals surface area contributed by atoms with E-state index < -0.39 is 0 Å². The first-order valence-electron chi connectivity index (χ1n) is 9.84. The van der Waals surface area contributed by atoms with Crippen LogP contribution in [-0.2, 0) is 6.54 Å². The Balaban J connectivity index is 1.80. The van der Waals surface area contributed by atoms with Gasteiger partial charge in [-0.15, -0.1) is 0 Å². The second kappa shape index (κ2) is 9.27. The molecule has 3 aromatic carbocycles.